The number of rotatable bonds is 4. The third-order valence-corrected chi connectivity index (χ3v) is 4.70. The Hall–Kier alpha value is -2.38. The van der Waals surface area contributed by atoms with Crippen molar-refractivity contribution in [3.05, 3.63) is 71.9 Å². The van der Waals surface area contributed by atoms with E-state index in [1.165, 1.54) is 12.3 Å². The van der Waals surface area contributed by atoms with Crippen LogP contribution in [0.5, 0.6) is 0 Å². The third kappa shape index (κ3) is 3.35. The molecule has 1 heterocycles. The fourth-order valence-corrected chi connectivity index (χ4v) is 3.12. The van der Waals surface area contributed by atoms with Crippen LogP contribution in [-0.2, 0) is 16.6 Å². The molecule has 2 aromatic carbocycles. The number of pyridine rings is 1. The van der Waals surface area contributed by atoms with Crippen LogP contribution in [0.1, 0.15) is 5.56 Å². The largest absolute Gasteiger partial charge is 0.255 e. The van der Waals surface area contributed by atoms with Crippen LogP contribution in [0.25, 0.3) is 10.9 Å². The van der Waals surface area contributed by atoms with Gasteiger partial charge in [0.15, 0.2) is 0 Å². The van der Waals surface area contributed by atoms with Crippen LogP contribution in [0.3, 0.4) is 0 Å². The lowest BCUT2D eigenvalue weighted by atomic mass is 10.2. The number of fused-ring (bicyclic) bond motifs is 1. The van der Waals surface area contributed by atoms with Crippen molar-refractivity contribution in [3.63, 3.8) is 0 Å². The average Bonchev–Trinajstić information content (AvgIpc) is 2.55. The van der Waals surface area contributed by atoms with Gasteiger partial charge in [-0.1, -0.05) is 18.2 Å². The second kappa shape index (κ2) is 6.02. The molecule has 23 heavy (non-hydrogen) atoms. The topological polar surface area (TPSA) is 59.1 Å². The molecule has 0 fully saturated rings. The first-order valence-corrected chi connectivity index (χ1v) is 8.22. The molecule has 0 spiro atoms. The SMILES string of the molecule is O=S(=O)(NCc1cc(F)ccc1F)c1cnc2ccccc2c1. The van der Waals surface area contributed by atoms with E-state index in [9.17, 15) is 17.2 Å². The lowest BCUT2D eigenvalue weighted by Gasteiger charge is -2.08. The number of nitrogens with one attached hydrogen (secondary N) is 1. The van der Waals surface area contributed by atoms with E-state index in [4.69, 9.17) is 0 Å². The summed E-state index contributed by atoms with van der Waals surface area (Å²) in [6, 6.07) is 11.4. The minimum atomic E-state index is -3.88. The summed E-state index contributed by atoms with van der Waals surface area (Å²) in [6.45, 7) is -0.348. The minimum Gasteiger partial charge on any atom is -0.255 e. The number of para-hydroxylation sites is 1. The van der Waals surface area contributed by atoms with Gasteiger partial charge in [-0.15, -0.1) is 0 Å². The van der Waals surface area contributed by atoms with Crippen LogP contribution in [0, 0.1) is 11.6 Å². The molecule has 3 aromatic rings. The fourth-order valence-electron chi connectivity index (χ4n) is 2.13. The van der Waals surface area contributed by atoms with Crippen LogP contribution < -0.4 is 4.72 Å². The molecule has 0 amide bonds. The van der Waals surface area contributed by atoms with Gasteiger partial charge in [-0.2, -0.15) is 0 Å². The zero-order valence-corrected chi connectivity index (χ0v) is 12.6. The van der Waals surface area contributed by atoms with Gasteiger partial charge in [-0.3, -0.25) is 4.98 Å². The van der Waals surface area contributed by atoms with Gasteiger partial charge in [0.2, 0.25) is 10.0 Å². The van der Waals surface area contributed by atoms with Gasteiger partial charge in [-0.25, -0.2) is 21.9 Å². The molecule has 0 atom stereocenters. The Kier molecular flexibility index (Phi) is 4.06. The predicted molar refractivity (Wildman–Crippen MR) is 82.1 cm³/mol. The first kappa shape index (κ1) is 15.5. The third-order valence-electron chi connectivity index (χ3n) is 3.34. The Labute approximate surface area is 131 Å². The van der Waals surface area contributed by atoms with Crippen molar-refractivity contribution in [3.8, 4) is 0 Å². The van der Waals surface area contributed by atoms with E-state index in [-0.39, 0.29) is 17.0 Å². The number of hydrogen-bond donors (Lipinski definition) is 1. The summed E-state index contributed by atoms with van der Waals surface area (Å²) in [6.07, 6.45) is 1.23. The molecule has 0 aliphatic carbocycles. The molecule has 0 bridgehead atoms. The number of aromatic nitrogens is 1. The summed E-state index contributed by atoms with van der Waals surface area (Å²) >= 11 is 0. The molecule has 0 unspecified atom stereocenters. The quantitative estimate of drug-likeness (QED) is 0.798. The summed E-state index contributed by atoms with van der Waals surface area (Å²) in [4.78, 5) is 4.05. The highest BCUT2D eigenvalue weighted by Crippen LogP contribution is 2.17. The molecule has 0 saturated heterocycles. The van der Waals surface area contributed by atoms with E-state index in [1.807, 2.05) is 0 Å². The van der Waals surface area contributed by atoms with Crippen molar-refractivity contribution in [1.29, 1.82) is 0 Å². The summed E-state index contributed by atoms with van der Waals surface area (Å²) in [5.41, 5.74) is 0.602. The molecule has 3 rings (SSSR count). The maximum Gasteiger partial charge on any atom is 0.242 e. The van der Waals surface area contributed by atoms with E-state index in [2.05, 4.69) is 9.71 Å². The summed E-state index contributed by atoms with van der Waals surface area (Å²) in [5, 5.41) is 0.673. The number of halogens is 2. The van der Waals surface area contributed by atoms with E-state index >= 15 is 0 Å². The second-order valence-corrected chi connectivity index (χ2v) is 6.69. The normalized spacial score (nSPS) is 11.7. The van der Waals surface area contributed by atoms with Gasteiger partial charge >= 0.3 is 0 Å². The minimum absolute atomic E-state index is 0.0342. The first-order chi connectivity index (χ1) is 11.0. The Morgan fingerprint density at radius 3 is 2.65 bits per heavy atom. The van der Waals surface area contributed by atoms with Gasteiger partial charge < -0.3 is 0 Å². The van der Waals surface area contributed by atoms with Gasteiger partial charge in [0.25, 0.3) is 0 Å². The molecule has 1 N–H and O–H groups in total. The lowest BCUT2D eigenvalue weighted by Crippen LogP contribution is -2.24. The molecule has 0 aliphatic rings. The van der Waals surface area contributed by atoms with Crippen molar-refractivity contribution in [2.45, 2.75) is 11.4 Å². The highest BCUT2D eigenvalue weighted by Gasteiger charge is 2.16. The van der Waals surface area contributed by atoms with E-state index in [0.29, 0.717) is 10.9 Å². The highest BCUT2D eigenvalue weighted by molar-refractivity contribution is 7.89. The molecular weight excluding hydrogens is 322 g/mol. The summed E-state index contributed by atoms with van der Waals surface area (Å²) < 4.78 is 53.5. The monoisotopic (exact) mass is 334 g/mol. The zero-order valence-electron chi connectivity index (χ0n) is 11.8. The van der Waals surface area contributed by atoms with Crippen LogP contribution >= 0.6 is 0 Å². The van der Waals surface area contributed by atoms with Gasteiger partial charge in [0.05, 0.1) is 5.52 Å². The van der Waals surface area contributed by atoms with Crippen LogP contribution in [-0.4, -0.2) is 13.4 Å². The number of hydrogen-bond acceptors (Lipinski definition) is 3. The maximum absolute atomic E-state index is 13.5. The van der Waals surface area contributed by atoms with Crippen molar-refractivity contribution in [2.24, 2.45) is 0 Å². The number of benzene rings is 2. The predicted octanol–water partition coefficient (Wildman–Crippen LogP) is 2.99. The Balaban J connectivity index is 1.87. The molecule has 118 valence electrons. The molecular formula is C16H12F2N2O2S. The smallest absolute Gasteiger partial charge is 0.242 e. The Morgan fingerprint density at radius 1 is 1.04 bits per heavy atom. The highest BCUT2D eigenvalue weighted by atomic mass is 32.2. The second-order valence-electron chi connectivity index (χ2n) is 4.92. The zero-order chi connectivity index (χ0) is 16.4. The Morgan fingerprint density at radius 2 is 1.83 bits per heavy atom. The van der Waals surface area contributed by atoms with Gasteiger partial charge in [0, 0.05) is 23.7 Å². The van der Waals surface area contributed by atoms with Crippen molar-refractivity contribution in [2.75, 3.05) is 0 Å². The number of nitrogens with zero attached hydrogens (tertiary/aromatic N) is 1. The van der Waals surface area contributed by atoms with E-state index in [1.54, 1.807) is 24.3 Å². The van der Waals surface area contributed by atoms with E-state index < -0.39 is 21.7 Å². The summed E-state index contributed by atoms with van der Waals surface area (Å²) in [5.74, 6) is -1.31. The van der Waals surface area contributed by atoms with Crippen LogP contribution in [0.2, 0.25) is 0 Å². The molecule has 1 aromatic heterocycles. The van der Waals surface area contributed by atoms with Gasteiger partial charge in [0.1, 0.15) is 16.5 Å². The van der Waals surface area contributed by atoms with Crippen molar-refractivity contribution >= 4 is 20.9 Å². The summed E-state index contributed by atoms with van der Waals surface area (Å²) in [7, 11) is -3.88. The Bertz CT molecular complexity index is 975. The molecule has 0 saturated carbocycles. The standard InChI is InChI=1S/C16H12F2N2O2S/c17-13-5-6-15(18)12(7-13)9-20-23(21,22)14-8-11-3-1-2-4-16(11)19-10-14/h1-8,10,20H,9H2. The molecule has 4 nitrogen and oxygen atoms in total. The first-order valence-electron chi connectivity index (χ1n) is 6.74. The van der Waals surface area contributed by atoms with E-state index in [0.717, 1.165) is 18.2 Å². The average molecular weight is 334 g/mol. The fraction of sp³-hybridized carbons (Fsp3) is 0.0625. The van der Waals surface area contributed by atoms with Crippen LogP contribution in [0.15, 0.2) is 59.6 Å². The van der Waals surface area contributed by atoms with Crippen molar-refractivity contribution in [1.82, 2.24) is 9.71 Å². The molecule has 7 heteroatoms. The molecule has 0 radical (unpaired) electrons. The van der Waals surface area contributed by atoms with Crippen molar-refractivity contribution < 1.29 is 17.2 Å². The maximum atomic E-state index is 13.5. The number of sulfonamides is 1. The lowest BCUT2D eigenvalue weighted by molar-refractivity contribution is 0.567. The van der Waals surface area contributed by atoms with Crippen LogP contribution in [0.4, 0.5) is 8.78 Å². The van der Waals surface area contributed by atoms with Gasteiger partial charge in [-0.05, 0) is 30.3 Å². The molecule has 0 aliphatic heterocycles.